The van der Waals surface area contributed by atoms with E-state index in [9.17, 15) is 17.6 Å². The molecule has 1 N–H and O–H groups in total. The Kier molecular flexibility index (Phi) is 3.91. The van der Waals surface area contributed by atoms with E-state index in [2.05, 4.69) is 4.72 Å². The first-order valence-electron chi connectivity index (χ1n) is 7.07. The van der Waals surface area contributed by atoms with Crippen LogP contribution in [0, 0.1) is 5.82 Å². The van der Waals surface area contributed by atoms with E-state index in [4.69, 9.17) is 0 Å². The fraction of sp³-hybridized carbons (Fsp3) is 0.188. The van der Waals surface area contributed by atoms with Crippen molar-refractivity contribution in [1.82, 2.24) is 4.72 Å². The highest BCUT2D eigenvalue weighted by Crippen LogP contribution is 2.31. The summed E-state index contributed by atoms with van der Waals surface area (Å²) in [6.07, 6.45) is 0.530. The van der Waals surface area contributed by atoms with Crippen LogP contribution in [0.5, 0.6) is 0 Å². The van der Waals surface area contributed by atoms with Gasteiger partial charge in [-0.25, -0.2) is 17.5 Å². The molecule has 0 aromatic heterocycles. The van der Waals surface area contributed by atoms with Gasteiger partial charge in [-0.15, -0.1) is 0 Å². The number of nitrogens with zero attached hydrogens (tertiary/aromatic N) is 1. The number of carbonyl (C=O) groups is 1. The average molecular weight is 334 g/mol. The van der Waals surface area contributed by atoms with Crippen molar-refractivity contribution in [2.24, 2.45) is 0 Å². The number of sulfonamides is 1. The molecular formula is C16H15FN2O3S. The quantitative estimate of drug-likeness (QED) is 0.933. The minimum atomic E-state index is -3.53. The predicted octanol–water partition coefficient (Wildman–Crippen LogP) is 1.94. The topological polar surface area (TPSA) is 66.5 Å². The Morgan fingerprint density at radius 3 is 2.65 bits per heavy atom. The highest BCUT2D eigenvalue weighted by atomic mass is 32.2. The van der Waals surface area contributed by atoms with Gasteiger partial charge in [-0.3, -0.25) is 4.79 Å². The van der Waals surface area contributed by atoms with Crippen LogP contribution < -0.4 is 9.62 Å². The summed E-state index contributed by atoms with van der Waals surface area (Å²) in [4.78, 5) is 14.2. The fourth-order valence-electron chi connectivity index (χ4n) is 2.65. The number of fused-ring (bicyclic) bond motifs is 1. The number of carbonyl (C=O) groups excluding carboxylic acids is 1. The van der Waals surface area contributed by atoms with Crippen molar-refractivity contribution >= 4 is 21.6 Å². The van der Waals surface area contributed by atoms with Crippen LogP contribution in [0.2, 0.25) is 0 Å². The maximum absolute atomic E-state index is 13.8. The molecule has 23 heavy (non-hydrogen) atoms. The molecule has 2 aromatic carbocycles. The molecule has 1 aliphatic rings. The maximum Gasteiger partial charge on any atom is 0.261 e. The van der Waals surface area contributed by atoms with Gasteiger partial charge in [0.1, 0.15) is 5.82 Å². The Hall–Kier alpha value is -2.25. The number of hydrogen-bond donors (Lipinski definition) is 1. The van der Waals surface area contributed by atoms with Crippen molar-refractivity contribution in [2.75, 3.05) is 18.5 Å². The summed E-state index contributed by atoms with van der Waals surface area (Å²) in [5, 5.41) is 0. The molecule has 120 valence electrons. The highest BCUT2D eigenvalue weighted by Gasteiger charge is 2.28. The molecule has 7 heteroatoms. The van der Waals surface area contributed by atoms with E-state index in [0.29, 0.717) is 18.7 Å². The number of anilines is 1. The van der Waals surface area contributed by atoms with Crippen LogP contribution >= 0.6 is 0 Å². The number of amides is 1. The van der Waals surface area contributed by atoms with E-state index in [1.807, 2.05) is 0 Å². The molecule has 1 aliphatic heterocycles. The second-order valence-electron chi connectivity index (χ2n) is 5.18. The van der Waals surface area contributed by atoms with Gasteiger partial charge in [0.05, 0.1) is 10.5 Å². The van der Waals surface area contributed by atoms with Crippen molar-refractivity contribution < 1.29 is 17.6 Å². The summed E-state index contributed by atoms with van der Waals surface area (Å²) in [6, 6.07) is 10.4. The number of nitrogens with one attached hydrogen (secondary N) is 1. The minimum Gasteiger partial charge on any atom is -0.308 e. The lowest BCUT2D eigenvalue weighted by Gasteiger charge is -2.18. The second-order valence-corrected chi connectivity index (χ2v) is 7.07. The molecule has 0 atom stereocenters. The summed E-state index contributed by atoms with van der Waals surface area (Å²) >= 11 is 0. The Labute approximate surface area is 133 Å². The van der Waals surface area contributed by atoms with Gasteiger partial charge in [0.2, 0.25) is 10.0 Å². The largest absolute Gasteiger partial charge is 0.308 e. The lowest BCUT2D eigenvalue weighted by molar-refractivity contribution is 0.0985. The van der Waals surface area contributed by atoms with E-state index in [1.165, 1.54) is 36.2 Å². The van der Waals surface area contributed by atoms with Gasteiger partial charge in [-0.1, -0.05) is 12.1 Å². The van der Waals surface area contributed by atoms with Crippen molar-refractivity contribution in [2.45, 2.75) is 11.3 Å². The van der Waals surface area contributed by atoms with E-state index in [0.717, 1.165) is 5.56 Å². The Morgan fingerprint density at radius 1 is 1.22 bits per heavy atom. The van der Waals surface area contributed by atoms with Crippen LogP contribution in [0.3, 0.4) is 0 Å². The molecule has 2 aromatic rings. The van der Waals surface area contributed by atoms with E-state index in [1.54, 1.807) is 18.2 Å². The van der Waals surface area contributed by atoms with Gasteiger partial charge < -0.3 is 4.90 Å². The molecule has 0 unspecified atom stereocenters. The molecule has 0 aliphatic carbocycles. The Bertz CT molecular complexity index is 881. The lowest BCUT2D eigenvalue weighted by atomic mass is 10.1. The average Bonchev–Trinajstić information content (AvgIpc) is 2.97. The van der Waals surface area contributed by atoms with Crippen molar-refractivity contribution in [3.05, 3.63) is 59.4 Å². The molecule has 0 radical (unpaired) electrons. The van der Waals surface area contributed by atoms with Crippen LogP contribution in [0.4, 0.5) is 10.1 Å². The fourth-order valence-corrected chi connectivity index (χ4v) is 3.43. The van der Waals surface area contributed by atoms with E-state index < -0.39 is 21.7 Å². The molecule has 1 amide bonds. The molecule has 0 bridgehead atoms. The number of halogens is 1. The van der Waals surface area contributed by atoms with Crippen molar-refractivity contribution in [3.63, 3.8) is 0 Å². The molecule has 0 fully saturated rings. The van der Waals surface area contributed by atoms with Gasteiger partial charge >= 0.3 is 0 Å². The third-order valence-electron chi connectivity index (χ3n) is 3.87. The Morgan fingerprint density at radius 2 is 1.96 bits per heavy atom. The highest BCUT2D eigenvalue weighted by molar-refractivity contribution is 7.89. The van der Waals surface area contributed by atoms with Gasteiger partial charge in [0.25, 0.3) is 5.91 Å². The van der Waals surface area contributed by atoms with Gasteiger partial charge in [-0.05, 0) is 49.4 Å². The van der Waals surface area contributed by atoms with Gasteiger partial charge in [0, 0.05) is 12.2 Å². The monoisotopic (exact) mass is 334 g/mol. The van der Waals surface area contributed by atoms with E-state index >= 15 is 0 Å². The smallest absolute Gasteiger partial charge is 0.261 e. The summed E-state index contributed by atoms with van der Waals surface area (Å²) in [5.74, 6) is -0.994. The summed E-state index contributed by atoms with van der Waals surface area (Å²) in [6.45, 7) is 0.394. The van der Waals surface area contributed by atoms with Crippen LogP contribution in [0.1, 0.15) is 15.9 Å². The molecule has 0 spiro atoms. The predicted molar refractivity (Wildman–Crippen MR) is 84.5 cm³/mol. The molecule has 0 saturated heterocycles. The molecule has 0 saturated carbocycles. The Balaban J connectivity index is 1.97. The summed E-state index contributed by atoms with van der Waals surface area (Å²) in [5.41, 5.74) is 1.38. The third kappa shape index (κ3) is 2.73. The van der Waals surface area contributed by atoms with Crippen LogP contribution in [-0.2, 0) is 16.4 Å². The molecule has 1 heterocycles. The third-order valence-corrected chi connectivity index (χ3v) is 5.29. The van der Waals surface area contributed by atoms with E-state index in [-0.39, 0.29) is 10.5 Å². The minimum absolute atomic E-state index is 0.00673. The zero-order valence-corrected chi connectivity index (χ0v) is 13.2. The van der Waals surface area contributed by atoms with Crippen LogP contribution in [-0.4, -0.2) is 27.9 Å². The molecule has 3 rings (SSSR count). The normalized spacial score (nSPS) is 13.9. The first-order chi connectivity index (χ1) is 10.9. The SMILES string of the molecule is CNS(=O)(=O)c1ccc2c(c1)CCN2C(=O)c1ccccc1F. The van der Waals surface area contributed by atoms with Crippen molar-refractivity contribution in [1.29, 1.82) is 0 Å². The van der Waals surface area contributed by atoms with Crippen molar-refractivity contribution in [3.8, 4) is 0 Å². The van der Waals surface area contributed by atoms with Gasteiger partial charge in [-0.2, -0.15) is 0 Å². The maximum atomic E-state index is 13.8. The zero-order valence-electron chi connectivity index (χ0n) is 12.4. The zero-order chi connectivity index (χ0) is 16.6. The van der Waals surface area contributed by atoms with Crippen LogP contribution in [0.15, 0.2) is 47.4 Å². The van der Waals surface area contributed by atoms with Gasteiger partial charge in [0.15, 0.2) is 0 Å². The second kappa shape index (κ2) is 5.75. The number of hydrogen-bond acceptors (Lipinski definition) is 3. The first kappa shape index (κ1) is 15.6. The number of benzene rings is 2. The first-order valence-corrected chi connectivity index (χ1v) is 8.55. The number of rotatable bonds is 3. The van der Waals surface area contributed by atoms with Crippen LogP contribution in [0.25, 0.3) is 0 Å². The summed E-state index contributed by atoms with van der Waals surface area (Å²) < 4.78 is 39.7. The summed E-state index contributed by atoms with van der Waals surface area (Å²) in [7, 11) is -2.19. The molecular weight excluding hydrogens is 319 g/mol. The standard InChI is InChI=1S/C16H15FN2O3S/c1-18-23(21,22)12-6-7-15-11(10-12)8-9-19(15)16(20)13-4-2-3-5-14(13)17/h2-7,10,18H,8-9H2,1H3. The lowest BCUT2D eigenvalue weighted by Crippen LogP contribution is -2.29. The molecule has 5 nitrogen and oxygen atoms in total.